The summed E-state index contributed by atoms with van der Waals surface area (Å²) in [7, 11) is 0. The van der Waals surface area contributed by atoms with Crippen LogP contribution in [0.4, 0.5) is 0 Å². The quantitative estimate of drug-likeness (QED) is 0.659. The Labute approximate surface area is 75.4 Å². The van der Waals surface area contributed by atoms with Crippen molar-refractivity contribution >= 4 is 0 Å². The number of hydrogen-bond acceptors (Lipinski definition) is 2. The summed E-state index contributed by atoms with van der Waals surface area (Å²) in [5.74, 6) is 0. The van der Waals surface area contributed by atoms with Crippen molar-refractivity contribution in [3.63, 3.8) is 0 Å². The molecule has 0 saturated heterocycles. The van der Waals surface area contributed by atoms with Crippen LogP contribution in [0.25, 0.3) is 0 Å². The number of hydrogen-bond donors (Lipinski definition) is 2. The van der Waals surface area contributed by atoms with Gasteiger partial charge in [-0.3, -0.25) is 0 Å². The molecule has 1 atom stereocenters. The van der Waals surface area contributed by atoms with E-state index in [-0.39, 0.29) is 6.10 Å². The predicted molar refractivity (Wildman–Crippen MR) is 51.2 cm³/mol. The second-order valence-electron chi connectivity index (χ2n) is 3.83. The topological polar surface area (TPSA) is 32.3 Å². The van der Waals surface area contributed by atoms with E-state index in [2.05, 4.69) is 12.2 Å². The van der Waals surface area contributed by atoms with E-state index in [0.29, 0.717) is 6.04 Å². The van der Waals surface area contributed by atoms with Gasteiger partial charge in [0.2, 0.25) is 0 Å². The first kappa shape index (κ1) is 10.0. The number of rotatable bonds is 5. The molecule has 0 aliphatic heterocycles. The molecule has 1 saturated carbocycles. The van der Waals surface area contributed by atoms with Crippen molar-refractivity contribution in [3.05, 3.63) is 0 Å². The van der Waals surface area contributed by atoms with Crippen molar-refractivity contribution in [2.45, 2.75) is 57.6 Å². The van der Waals surface area contributed by atoms with Crippen LogP contribution in [0.5, 0.6) is 0 Å². The molecular weight excluding hydrogens is 150 g/mol. The lowest BCUT2D eigenvalue weighted by Gasteiger charge is -2.15. The normalized spacial score (nSPS) is 21.5. The molecule has 1 aliphatic rings. The van der Waals surface area contributed by atoms with Crippen molar-refractivity contribution in [2.24, 2.45) is 0 Å². The lowest BCUT2D eigenvalue weighted by Crippen LogP contribution is -2.33. The van der Waals surface area contributed by atoms with Gasteiger partial charge in [0.25, 0.3) is 0 Å². The number of nitrogens with one attached hydrogen (secondary N) is 1. The average molecular weight is 171 g/mol. The van der Waals surface area contributed by atoms with Gasteiger partial charge < -0.3 is 10.4 Å². The molecule has 2 N–H and O–H groups in total. The summed E-state index contributed by atoms with van der Waals surface area (Å²) in [4.78, 5) is 0. The van der Waals surface area contributed by atoms with Crippen molar-refractivity contribution in [1.82, 2.24) is 5.32 Å². The average Bonchev–Trinajstić information content (AvgIpc) is 2.53. The third-order valence-corrected chi connectivity index (χ3v) is 2.62. The molecule has 1 rings (SSSR count). The molecule has 2 nitrogen and oxygen atoms in total. The van der Waals surface area contributed by atoms with Gasteiger partial charge in [0.1, 0.15) is 0 Å². The Morgan fingerprint density at radius 2 is 2.08 bits per heavy atom. The van der Waals surface area contributed by atoms with E-state index < -0.39 is 0 Å². The molecule has 0 bridgehead atoms. The fourth-order valence-electron chi connectivity index (χ4n) is 1.87. The zero-order chi connectivity index (χ0) is 8.81. The highest BCUT2D eigenvalue weighted by molar-refractivity contribution is 4.74. The highest BCUT2D eigenvalue weighted by Gasteiger charge is 2.14. The minimum Gasteiger partial charge on any atom is -0.392 e. The molecule has 72 valence electrons. The van der Waals surface area contributed by atoms with Gasteiger partial charge in [-0.1, -0.05) is 26.2 Å². The zero-order valence-corrected chi connectivity index (χ0v) is 8.05. The highest BCUT2D eigenvalue weighted by atomic mass is 16.3. The Morgan fingerprint density at radius 1 is 1.42 bits per heavy atom. The minimum atomic E-state index is -0.129. The van der Waals surface area contributed by atoms with Crippen LogP contribution in [0.15, 0.2) is 0 Å². The van der Waals surface area contributed by atoms with Crippen molar-refractivity contribution in [3.8, 4) is 0 Å². The Bertz CT molecular complexity index is 110. The Hall–Kier alpha value is -0.0800. The standard InChI is InChI=1S/C10H21NO/c1-2-5-10(12)8-11-9-6-3-4-7-9/h9-12H,2-8H2,1H3. The molecule has 0 aromatic heterocycles. The molecule has 0 spiro atoms. The second kappa shape index (κ2) is 5.55. The van der Waals surface area contributed by atoms with E-state index in [1.54, 1.807) is 0 Å². The molecule has 2 heteroatoms. The van der Waals surface area contributed by atoms with E-state index in [1.807, 2.05) is 0 Å². The fourth-order valence-corrected chi connectivity index (χ4v) is 1.87. The van der Waals surface area contributed by atoms with Crippen LogP contribution in [-0.4, -0.2) is 23.8 Å². The summed E-state index contributed by atoms with van der Waals surface area (Å²) in [5, 5.41) is 12.9. The van der Waals surface area contributed by atoms with E-state index in [1.165, 1.54) is 25.7 Å². The van der Waals surface area contributed by atoms with Crippen LogP contribution in [-0.2, 0) is 0 Å². The van der Waals surface area contributed by atoms with Crippen molar-refractivity contribution in [2.75, 3.05) is 6.54 Å². The first-order valence-electron chi connectivity index (χ1n) is 5.24. The third-order valence-electron chi connectivity index (χ3n) is 2.62. The maximum atomic E-state index is 9.45. The van der Waals surface area contributed by atoms with Crippen LogP contribution in [0.1, 0.15) is 45.4 Å². The van der Waals surface area contributed by atoms with Gasteiger partial charge in [-0.15, -0.1) is 0 Å². The van der Waals surface area contributed by atoms with Crippen LogP contribution in [0.3, 0.4) is 0 Å². The van der Waals surface area contributed by atoms with Gasteiger partial charge in [0, 0.05) is 12.6 Å². The summed E-state index contributed by atoms with van der Waals surface area (Å²) < 4.78 is 0. The first-order valence-corrected chi connectivity index (χ1v) is 5.24. The van der Waals surface area contributed by atoms with Crippen LogP contribution < -0.4 is 5.32 Å². The second-order valence-corrected chi connectivity index (χ2v) is 3.83. The van der Waals surface area contributed by atoms with Gasteiger partial charge in [-0.05, 0) is 19.3 Å². The maximum absolute atomic E-state index is 9.45. The minimum absolute atomic E-state index is 0.129. The molecule has 0 aromatic carbocycles. The number of aliphatic hydroxyl groups excluding tert-OH is 1. The summed E-state index contributed by atoms with van der Waals surface area (Å²) in [6.45, 7) is 2.90. The van der Waals surface area contributed by atoms with Crippen molar-refractivity contribution in [1.29, 1.82) is 0 Å². The summed E-state index contributed by atoms with van der Waals surface area (Å²) in [6.07, 6.45) is 7.21. The van der Waals surface area contributed by atoms with E-state index in [9.17, 15) is 5.11 Å². The van der Waals surface area contributed by atoms with Crippen molar-refractivity contribution < 1.29 is 5.11 Å². The largest absolute Gasteiger partial charge is 0.392 e. The summed E-state index contributed by atoms with van der Waals surface area (Å²) in [5.41, 5.74) is 0. The summed E-state index contributed by atoms with van der Waals surface area (Å²) in [6, 6.07) is 0.691. The lowest BCUT2D eigenvalue weighted by atomic mass is 10.2. The fraction of sp³-hybridized carbons (Fsp3) is 1.00. The van der Waals surface area contributed by atoms with Gasteiger partial charge in [0.15, 0.2) is 0 Å². The van der Waals surface area contributed by atoms with E-state index in [0.717, 1.165) is 19.4 Å². The molecule has 1 aliphatic carbocycles. The maximum Gasteiger partial charge on any atom is 0.0664 e. The Kier molecular flexibility index (Phi) is 4.62. The molecular formula is C10H21NO. The van der Waals surface area contributed by atoms with Gasteiger partial charge in [-0.25, -0.2) is 0 Å². The molecule has 0 aromatic rings. The molecule has 1 fully saturated rings. The molecule has 1 unspecified atom stereocenters. The van der Waals surface area contributed by atoms with Crippen LogP contribution >= 0.6 is 0 Å². The Balaban J connectivity index is 1.99. The van der Waals surface area contributed by atoms with Crippen LogP contribution in [0, 0.1) is 0 Å². The third kappa shape index (κ3) is 3.55. The van der Waals surface area contributed by atoms with E-state index >= 15 is 0 Å². The summed E-state index contributed by atoms with van der Waals surface area (Å²) >= 11 is 0. The molecule has 12 heavy (non-hydrogen) atoms. The predicted octanol–water partition coefficient (Wildman–Crippen LogP) is 1.68. The lowest BCUT2D eigenvalue weighted by molar-refractivity contribution is 0.156. The zero-order valence-electron chi connectivity index (χ0n) is 8.05. The van der Waals surface area contributed by atoms with Gasteiger partial charge in [-0.2, -0.15) is 0 Å². The van der Waals surface area contributed by atoms with Gasteiger partial charge >= 0.3 is 0 Å². The molecule has 0 amide bonds. The van der Waals surface area contributed by atoms with E-state index in [4.69, 9.17) is 0 Å². The highest BCUT2D eigenvalue weighted by Crippen LogP contribution is 2.17. The van der Waals surface area contributed by atoms with Crippen LogP contribution in [0.2, 0.25) is 0 Å². The first-order chi connectivity index (χ1) is 5.83. The SMILES string of the molecule is CCCC(O)CNC1CCCC1. The number of aliphatic hydroxyl groups is 1. The monoisotopic (exact) mass is 171 g/mol. The molecule has 0 heterocycles. The Morgan fingerprint density at radius 3 is 2.67 bits per heavy atom. The van der Waals surface area contributed by atoms with Gasteiger partial charge in [0.05, 0.1) is 6.10 Å². The smallest absolute Gasteiger partial charge is 0.0664 e. The molecule has 0 radical (unpaired) electrons.